The molecule has 0 bridgehead atoms. The average molecular weight is 606 g/mol. The summed E-state index contributed by atoms with van der Waals surface area (Å²) >= 11 is 5.96. The molecule has 0 spiro atoms. The summed E-state index contributed by atoms with van der Waals surface area (Å²) in [5.41, 5.74) is 3.27. The number of fused-ring (bicyclic) bond motifs is 2. The molecule has 0 saturated carbocycles. The maximum Gasteiger partial charge on any atom is 0.335 e. The van der Waals surface area contributed by atoms with Crippen molar-refractivity contribution in [1.29, 1.82) is 0 Å². The molecule has 8 nitrogen and oxygen atoms in total. The summed E-state index contributed by atoms with van der Waals surface area (Å²) < 4.78 is 35.1. The van der Waals surface area contributed by atoms with Crippen molar-refractivity contribution in [2.24, 2.45) is 5.92 Å². The molecule has 1 aromatic heterocycles. The average Bonchev–Trinajstić information content (AvgIpc) is 3.48. The fraction of sp³-hybridized carbons (Fsp3) is 0.394. The van der Waals surface area contributed by atoms with Gasteiger partial charge in [-0.15, -0.1) is 0 Å². The first-order chi connectivity index (χ1) is 20.8. The van der Waals surface area contributed by atoms with E-state index in [0.29, 0.717) is 41.1 Å². The lowest BCUT2D eigenvalue weighted by Gasteiger charge is -2.32. The Morgan fingerprint density at radius 1 is 1.12 bits per heavy atom. The number of ether oxygens (including phenoxy) is 3. The molecular formula is C33H33ClFN3O5. The molecule has 7 rings (SSSR count). The molecule has 3 aliphatic heterocycles. The number of halogens is 2. The minimum Gasteiger partial charge on any atom is -0.478 e. The molecular weight excluding hydrogens is 573 g/mol. The van der Waals surface area contributed by atoms with E-state index in [4.69, 9.17) is 30.8 Å². The number of carboxylic acids is 1. The molecule has 2 unspecified atom stereocenters. The molecule has 4 heterocycles. The van der Waals surface area contributed by atoms with Gasteiger partial charge in [-0.05, 0) is 92.7 Å². The molecule has 1 N–H and O–H groups in total. The molecule has 224 valence electrons. The van der Waals surface area contributed by atoms with Crippen molar-refractivity contribution in [1.82, 2.24) is 14.5 Å². The van der Waals surface area contributed by atoms with Crippen LogP contribution in [0.3, 0.4) is 0 Å². The van der Waals surface area contributed by atoms with E-state index in [1.165, 1.54) is 6.07 Å². The third kappa shape index (κ3) is 5.46. The van der Waals surface area contributed by atoms with Gasteiger partial charge >= 0.3 is 5.97 Å². The number of nitrogens with zero attached hydrogens (tertiary/aromatic N) is 3. The van der Waals surface area contributed by atoms with Crippen LogP contribution in [0.2, 0.25) is 5.02 Å². The number of carboxylic acid groups (broad SMARTS) is 1. The highest BCUT2D eigenvalue weighted by Crippen LogP contribution is 2.47. The molecule has 0 amide bonds. The lowest BCUT2D eigenvalue weighted by molar-refractivity contribution is -0.0711. The van der Waals surface area contributed by atoms with E-state index >= 15 is 0 Å². The molecule has 2 fully saturated rings. The summed E-state index contributed by atoms with van der Waals surface area (Å²) in [5.74, 6) is 0.0188. The van der Waals surface area contributed by atoms with Gasteiger partial charge < -0.3 is 23.9 Å². The zero-order chi connectivity index (χ0) is 29.7. The Morgan fingerprint density at radius 3 is 2.65 bits per heavy atom. The Morgan fingerprint density at radius 2 is 1.93 bits per heavy atom. The first-order valence-electron chi connectivity index (χ1n) is 14.8. The summed E-state index contributed by atoms with van der Waals surface area (Å²) in [5, 5.41) is 9.85. The van der Waals surface area contributed by atoms with Crippen LogP contribution in [0.1, 0.15) is 53.5 Å². The van der Waals surface area contributed by atoms with E-state index in [9.17, 15) is 14.3 Å². The number of likely N-dealkylation sites (tertiary alicyclic amines) is 1. The number of rotatable bonds is 8. The smallest absolute Gasteiger partial charge is 0.335 e. The summed E-state index contributed by atoms with van der Waals surface area (Å²) in [6.07, 6.45) is 4.00. The molecule has 0 radical (unpaired) electrons. The van der Waals surface area contributed by atoms with Crippen LogP contribution in [0.15, 0.2) is 54.6 Å². The second kappa shape index (κ2) is 11.1. The number of aromatic nitrogens is 2. The number of aromatic carboxylic acids is 1. The lowest BCUT2D eigenvalue weighted by Crippen LogP contribution is -2.36. The van der Waals surface area contributed by atoms with Gasteiger partial charge in [-0.2, -0.15) is 0 Å². The first-order valence-corrected chi connectivity index (χ1v) is 15.2. The van der Waals surface area contributed by atoms with Crippen LogP contribution >= 0.6 is 11.6 Å². The molecule has 43 heavy (non-hydrogen) atoms. The highest BCUT2D eigenvalue weighted by Gasteiger charge is 2.42. The molecule has 0 aliphatic carbocycles. The van der Waals surface area contributed by atoms with Gasteiger partial charge in [0, 0.05) is 18.6 Å². The second-order valence-corrected chi connectivity index (χ2v) is 12.3. The van der Waals surface area contributed by atoms with Crippen LogP contribution < -0.4 is 9.47 Å². The number of imidazole rings is 1. The standard InChI is InChI=1S/C33H33ClFN3O5/c1-33(25-7-6-23(34)17-26(25)35)42-29-4-2-3-21(31(29)43-33)15-20-9-12-37(13-10-20)19-30-36-27-8-5-22(32(39)40)16-28(27)38(30)18-24-11-14-41-24/h2-8,16-17,20,24H,9-15,18-19H2,1H3,(H,39,40). The lowest BCUT2D eigenvalue weighted by atomic mass is 9.89. The van der Waals surface area contributed by atoms with E-state index in [0.717, 1.165) is 67.8 Å². The molecule has 3 aromatic carbocycles. The topological polar surface area (TPSA) is 86.1 Å². The Labute approximate surface area is 253 Å². The first kappa shape index (κ1) is 28.1. The summed E-state index contributed by atoms with van der Waals surface area (Å²) in [6.45, 7) is 5.71. The van der Waals surface area contributed by atoms with E-state index < -0.39 is 17.6 Å². The van der Waals surface area contributed by atoms with E-state index in [-0.39, 0.29) is 11.7 Å². The number of hydrogen-bond acceptors (Lipinski definition) is 6. The highest BCUT2D eigenvalue weighted by molar-refractivity contribution is 6.30. The molecule has 10 heteroatoms. The predicted octanol–water partition coefficient (Wildman–Crippen LogP) is 6.41. The van der Waals surface area contributed by atoms with Gasteiger partial charge in [-0.25, -0.2) is 14.2 Å². The van der Waals surface area contributed by atoms with Crippen LogP contribution in [-0.4, -0.2) is 51.3 Å². The zero-order valence-corrected chi connectivity index (χ0v) is 24.6. The van der Waals surface area contributed by atoms with Crippen molar-refractivity contribution in [3.8, 4) is 11.5 Å². The van der Waals surface area contributed by atoms with E-state index in [1.54, 1.807) is 37.3 Å². The number of carbonyl (C=O) groups is 1. The summed E-state index contributed by atoms with van der Waals surface area (Å²) in [7, 11) is 0. The third-order valence-corrected chi connectivity index (χ3v) is 9.15. The summed E-state index contributed by atoms with van der Waals surface area (Å²) in [6, 6.07) is 15.5. The Bertz CT molecular complexity index is 1700. The van der Waals surface area contributed by atoms with Gasteiger partial charge in [-0.1, -0.05) is 23.7 Å². The Balaban J connectivity index is 1.03. The quantitative estimate of drug-likeness (QED) is 0.248. The second-order valence-electron chi connectivity index (χ2n) is 11.9. The maximum atomic E-state index is 14.8. The monoisotopic (exact) mass is 605 g/mol. The van der Waals surface area contributed by atoms with Crippen molar-refractivity contribution < 1.29 is 28.5 Å². The van der Waals surface area contributed by atoms with Crippen molar-refractivity contribution in [2.45, 2.75) is 57.6 Å². The Kier molecular flexibility index (Phi) is 7.27. The van der Waals surface area contributed by atoms with Gasteiger partial charge in [0.25, 0.3) is 5.79 Å². The van der Waals surface area contributed by atoms with Crippen molar-refractivity contribution in [3.63, 3.8) is 0 Å². The zero-order valence-electron chi connectivity index (χ0n) is 23.9. The number of piperidine rings is 1. The fourth-order valence-electron chi connectivity index (χ4n) is 6.43. The van der Waals surface area contributed by atoms with Crippen molar-refractivity contribution in [2.75, 3.05) is 19.7 Å². The van der Waals surface area contributed by atoms with Gasteiger partial charge in [0.05, 0.1) is 41.4 Å². The Hall–Kier alpha value is -3.66. The SMILES string of the molecule is CC1(c2ccc(Cl)cc2F)Oc2cccc(CC3CCN(Cc4nc5ccc(C(=O)O)cc5n4CC4CCO4)CC3)c2O1. The van der Waals surface area contributed by atoms with Crippen LogP contribution in [0.4, 0.5) is 4.39 Å². The van der Waals surface area contributed by atoms with Crippen LogP contribution in [0.25, 0.3) is 11.0 Å². The van der Waals surface area contributed by atoms with Gasteiger partial charge in [0.15, 0.2) is 11.5 Å². The van der Waals surface area contributed by atoms with Gasteiger partial charge in [0.1, 0.15) is 11.6 Å². The molecule has 2 saturated heterocycles. The van der Waals surface area contributed by atoms with Gasteiger partial charge in [0.2, 0.25) is 0 Å². The van der Waals surface area contributed by atoms with Gasteiger partial charge in [-0.3, -0.25) is 4.90 Å². The third-order valence-electron chi connectivity index (χ3n) is 8.92. The number of benzene rings is 3. The summed E-state index contributed by atoms with van der Waals surface area (Å²) in [4.78, 5) is 18.9. The van der Waals surface area contributed by atoms with Crippen LogP contribution in [-0.2, 0) is 30.0 Å². The number of para-hydroxylation sites is 1. The van der Waals surface area contributed by atoms with Crippen molar-refractivity contribution >= 4 is 28.6 Å². The predicted molar refractivity (Wildman–Crippen MR) is 159 cm³/mol. The number of hydrogen-bond donors (Lipinski definition) is 1. The maximum absolute atomic E-state index is 14.8. The highest BCUT2D eigenvalue weighted by atomic mass is 35.5. The minimum absolute atomic E-state index is 0.132. The van der Waals surface area contributed by atoms with E-state index in [2.05, 4.69) is 15.5 Å². The van der Waals surface area contributed by atoms with Crippen LogP contribution in [0.5, 0.6) is 11.5 Å². The van der Waals surface area contributed by atoms with E-state index in [1.807, 2.05) is 12.1 Å². The minimum atomic E-state index is -1.27. The van der Waals surface area contributed by atoms with Crippen LogP contribution in [0, 0.1) is 11.7 Å². The molecule has 2 atom stereocenters. The normalized spacial score (nSPS) is 22.2. The molecule has 3 aliphatic rings. The molecule has 4 aromatic rings. The largest absolute Gasteiger partial charge is 0.478 e. The van der Waals surface area contributed by atoms with Crippen molar-refractivity contribution in [3.05, 3.63) is 88.0 Å². The fourth-order valence-corrected chi connectivity index (χ4v) is 6.59.